The molecule has 1 rings (SSSR count). The summed E-state index contributed by atoms with van der Waals surface area (Å²) in [6, 6.07) is 0. The molecule has 0 unspecified atom stereocenters. The molecule has 0 aromatic rings. The lowest BCUT2D eigenvalue weighted by atomic mass is 9.88. The van der Waals surface area contributed by atoms with Crippen LogP contribution >= 0.6 is 0 Å². The molecule has 0 heterocycles. The van der Waals surface area contributed by atoms with E-state index in [-0.39, 0.29) is 18.0 Å². The molecule has 0 aliphatic heterocycles. The van der Waals surface area contributed by atoms with Crippen LogP contribution in [0.25, 0.3) is 0 Å². The summed E-state index contributed by atoms with van der Waals surface area (Å²) in [6.45, 7) is 3.32. The maximum atomic E-state index is 11.1. The minimum atomic E-state index is -0.224. The summed E-state index contributed by atoms with van der Waals surface area (Å²) in [5, 5.41) is 9.17. The van der Waals surface area contributed by atoms with Crippen LogP contribution in [0, 0.1) is 5.92 Å². The van der Waals surface area contributed by atoms with E-state index in [2.05, 4.69) is 11.3 Å². The van der Waals surface area contributed by atoms with Crippen LogP contribution in [0.2, 0.25) is 0 Å². The van der Waals surface area contributed by atoms with E-state index >= 15 is 0 Å². The van der Waals surface area contributed by atoms with E-state index in [0.29, 0.717) is 12.8 Å². The molecule has 0 spiro atoms. The molecular formula is C9H14O3. The number of esters is 1. The number of hydrogen-bond donors (Lipinski definition) is 1. The number of ether oxygens (including phenoxy) is 1. The molecule has 1 aliphatic carbocycles. The molecule has 0 bridgehead atoms. The largest absolute Gasteiger partial charge is 0.435 e. The van der Waals surface area contributed by atoms with Crippen molar-refractivity contribution < 1.29 is 14.6 Å². The number of aliphatic hydroxyl groups excluding tert-OH is 1. The molecule has 0 radical (unpaired) electrons. The van der Waals surface area contributed by atoms with Crippen LogP contribution in [0.1, 0.15) is 25.7 Å². The van der Waals surface area contributed by atoms with Gasteiger partial charge in [-0.2, -0.15) is 0 Å². The van der Waals surface area contributed by atoms with Crippen LogP contribution in [-0.2, 0) is 9.53 Å². The highest BCUT2D eigenvalue weighted by Gasteiger charge is 2.25. The van der Waals surface area contributed by atoms with Crippen LogP contribution in [0.3, 0.4) is 0 Å². The van der Waals surface area contributed by atoms with Crippen LogP contribution in [0.5, 0.6) is 0 Å². The molecule has 0 amide bonds. The monoisotopic (exact) mass is 170 g/mol. The van der Waals surface area contributed by atoms with Crippen molar-refractivity contribution in [2.24, 2.45) is 5.92 Å². The first-order valence-electron chi connectivity index (χ1n) is 4.23. The van der Waals surface area contributed by atoms with Crippen molar-refractivity contribution in [3.05, 3.63) is 12.8 Å². The van der Waals surface area contributed by atoms with Gasteiger partial charge in [0.1, 0.15) is 0 Å². The van der Waals surface area contributed by atoms with Gasteiger partial charge in [-0.15, -0.1) is 0 Å². The van der Waals surface area contributed by atoms with Crippen LogP contribution in [0.4, 0.5) is 0 Å². The summed E-state index contributed by atoms with van der Waals surface area (Å²) < 4.78 is 4.66. The molecule has 0 aromatic carbocycles. The fourth-order valence-electron chi connectivity index (χ4n) is 1.49. The van der Waals surface area contributed by atoms with Gasteiger partial charge in [0, 0.05) is 0 Å². The minimum absolute atomic E-state index is 0.0357. The van der Waals surface area contributed by atoms with Gasteiger partial charge in [0.25, 0.3) is 0 Å². The molecule has 0 atom stereocenters. The third-order valence-electron chi connectivity index (χ3n) is 2.23. The Morgan fingerprint density at radius 3 is 2.50 bits per heavy atom. The van der Waals surface area contributed by atoms with E-state index in [0.717, 1.165) is 19.1 Å². The van der Waals surface area contributed by atoms with Crippen LogP contribution in [0.15, 0.2) is 12.8 Å². The van der Waals surface area contributed by atoms with Crippen molar-refractivity contribution >= 4 is 5.97 Å². The zero-order valence-corrected chi connectivity index (χ0v) is 7.03. The maximum absolute atomic E-state index is 11.1. The van der Waals surface area contributed by atoms with Gasteiger partial charge in [0.15, 0.2) is 0 Å². The first-order chi connectivity index (χ1) is 5.74. The van der Waals surface area contributed by atoms with E-state index in [9.17, 15) is 4.79 Å². The summed E-state index contributed by atoms with van der Waals surface area (Å²) in [6.07, 6.45) is 3.81. The van der Waals surface area contributed by atoms with Crippen LogP contribution < -0.4 is 0 Å². The Hall–Kier alpha value is -0.830. The standard InChI is InChI=1S/C9H14O3/c1-2-12-9(11)7-3-5-8(10)6-4-7/h2,7-8,10H,1,3-6H2. The zero-order chi connectivity index (χ0) is 8.97. The van der Waals surface area contributed by atoms with Crippen molar-refractivity contribution in [2.75, 3.05) is 0 Å². The average Bonchev–Trinajstić information content (AvgIpc) is 2.06. The van der Waals surface area contributed by atoms with Gasteiger partial charge in [-0.05, 0) is 25.7 Å². The highest BCUT2D eigenvalue weighted by molar-refractivity contribution is 5.73. The molecule has 0 saturated heterocycles. The molecule has 1 aliphatic rings. The Morgan fingerprint density at radius 2 is 2.00 bits per heavy atom. The Morgan fingerprint density at radius 1 is 1.42 bits per heavy atom. The molecule has 1 fully saturated rings. The van der Waals surface area contributed by atoms with Gasteiger partial charge in [-0.25, -0.2) is 0 Å². The third kappa shape index (κ3) is 2.34. The zero-order valence-electron chi connectivity index (χ0n) is 7.03. The summed E-state index contributed by atoms with van der Waals surface area (Å²) >= 11 is 0. The maximum Gasteiger partial charge on any atom is 0.313 e. The lowest BCUT2D eigenvalue weighted by Crippen LogP contribution is -2.24. The van der Waals surface area contributed by atoms with Gasteiger partial charge in [-0.1, -0.05) is 6.58 Å². The van der Waals surface area contributed by atoms with E-state index < -0.39 is 0 Å². The van der Waals surface area contributed by atoms with E-state index in [1.165, 1.54) is 0 Å². The van der Waals surface area contributed by atoms with E-state index in [1.54, 1.807) is 0 Å². The Kier molecular flexibility index (Phi) is 3.29. The number of hydrogen-bond acceptors (Lipinski definition) is 3. The molecule has 1 N–H and O–H groups in total. The molecule has 0 aromatic heterocycles. The molecular weight excluding hydrogens is 156 g/mol. The van der Waals surface area contributed by atoms with Gasteiger partial charge in [0.05, 0.1) is 18.3 Å². The summed E-state index contributed by atoms with van der Waals surface area (Å²) in [5.74, 6) is -0.247. The number of carbonyl (C=O) groups excluding carboxylic acids is 1. The number of rotatable bonds is 2. The Bertz CT molecular complexity index is 169. The summed E-state index contributed by atoms with van der Waals surface area (Å²) in [4.78, 5) is 11.1. The van der Waals surface area contributed by atoms with Crippen molar-refractivity contribution in [1.82, 2.24) is 0 Å². The van der Waals surface area contributed by atoms with Crippen molar-refractivity contribution in [1.29, 1.82) is 0 Å². The second kappa shape index (κ2) is 4.26. The molecule has 12 heavy (non-hydrogen) atoms. The molecule has 68 valence electrons. The minimum Gasteiger partial charge on any atom is -0.435 e. The lowest BCUT2D eigenvalue weighted by molar-refractivity contribution is -0.144. The normalized spacial score (nSPS) is 29.4. The summed E-state index contributed by atoms with van der Waals surface area (Å²) in [7, 11) is 0. The van der Waals surface area contributed by atoms with E-state index in [4.69, 9.17) is 5.11 Å². The van der Waals surface area contributed by atoms with Gasteiger partial charge >= 0.3 is 5.97 Å². The van der Waals surface area contributed by atoms with Crippen molar-refractivity contribution in [3.63, 3.8) is 0 Å². The van der Waals surface area contributed by atoms with Crippen molar-refractivity contribution in [2.45, 2.75) is 31.8 Å². The molecule has 1 saturated carbocycles. The van der Waals surface area contributed by atoms with Crippen LogP contribution in [-0.4, -0.2) is 17.2 Å². The first kappa shape index (κ1) is 9.26. The topological polar surface area (TPSA) is 46.5 Å². The quantitative estimate of drug-likeness (QED) is 0.500. The predicted octanol–water partition coefficient (Wildman–Crippen LogP) is 1.22. The van der Waals surface area contributed by atoms with Gasteiger partial charge < -0.3 is 9.84 Å². The Balaban J connectivity index is 2.33. The van der Waals surface area contributed by atoms with Gasteiger partial charge in [-0.3, -0.25) is 4.79 Å². The highest BCUT2D eigenvalue weighted by Crippen LogP contribution is 2.25. The SMILES string of the molecule is C=COC(=O)C1CCC(O)CC1. The average molecular weight is 170 g/mol. The predicted molar refractivity (Wildman–Crippen MR) is 44.3 cm³/mol. The number of carbonyl (C=O) groups is 1. The smallest absolute Gasteiger partial charge is 0.313 e. The Labute approximate surface area is 72.0 Å². The molecule has 3 nitrogen and oxygen atoms in total. The lowest BCUT2D eigenvalue weighted by Gasteiger charge is -2.22. The number of aliphatic hydroxyl groups is 1. The van der Waals surface area contributed by atoms with Gasteiger partial charge in [0.2, 0.25) is 0 Å². The first-order valence-corrected chi connectivity index (χ1v) is 4.23. The fourth-order valence-corrected chi connectivity index (χ4v) is 1.49. The third-order valence-corrected chi connectivity index (χ3v) is 2.23. The molecule has 3 heteroatoms. The summed E-state index contributed by atoms with van der Waals surface area (Å²) in [5.41, 5.74) is 0. The van der Waals surface area contributed by atoms with E-state index in [1.807, 2.05) is 0 Å². The highest BCUT2D eigenvalue weighted by atomic mass is 16.5. The second-order valence-electron chi connectivity index (χ2n) is 3.11. The second-order valence-corrected chi connectivity index (χ2v) is 3.11. The fraction of sp³-hybridized carbons (Fsp3) is 0.667. The van der Waals surface area contributed by atoms with Crippen molar-refractivity contribution in [3.8, 4) is 0 Å².